The molecule has 84 valence electrons. The molecule has 0 aromatic heterocycles. The Kier molecular flexibility index (Phi) is 4.89. The van der Waals surface area contributed by atoms with Crippen LogP contribution < -0.4 is 0 Å². The van der Waals surface area contributed by atoms with Crippen LogP contribution in [-0.4, -0.2) is 17.1 Å². The van der Waals surface area contributed by atoms with Crippen molar-refractivity contribution in [3.05, 3.63) is 46.3 Å². The van der Waals surface area contributed by atoms with Gasteiger partial charge in [-0.15, -0.1) is 0 Å². The van der Waals surface area contributed by atoms with E-state index in [-0.39, 0.29) is 12.5 Å². The number of azide groups is 1. The van der Waals surface area contributed by atoms with Crippen molar-refractivity contribution in [1.82, 2.24) is 0 Å². The van der Waals surface area contributed by atoms with Crippen LogP contribution in [0.5, 0.6) is 0 Å². The van der Waals surface area contributed by atoms with Gasteiger partial charge < -0.3 is 5.11 Å². The zero-order chi connectivity index (χ0) is 11.8. The monoisotopic (exact) mass is 219 g/mol. The van der Waals surface area contributed by atoms with Crippen molar-refractivity contribution in [3.63, 3.8) is 0 Å². The molecule has 0 heterocycles. The van der Waals surface area contributed by atoms with Gasteiger partial charge in [-0.05, 0) is 23.9 Å². The van der Waals surface area contributed by atoms with E-state index in [9.17, 15) is 4.79 Å². The molecule has 1 atom stereocenters. The van der Waals surface area contributed by atoms with Crippen LogP contribution in [0.4, 0.5) is 0 Å². The van der Waals surface area contributed by atoms with Crippen molar-refractivity contribution in [1.29, 1.82) is 0 Å². The highest BCUT2D eigenvalue weighted by atomic mass is 16.4. The lowest BCUT2D eigenvalue weighted by Gasteiger charge is -2.09. The van der Waals surface area contributed by atoms with Crippen molar-refractivity contribution in [2.45, 2.75) is 25.3 Å². The largest absolute Gasteiger partial charge is 0.481 e. The first kappa shape index (κ1) is 12.1. The first-order chi connectivity index (χ1) is 7.72. The highest BCUT2D eigenvalue weighted by Crippen LogP contribution is 2.11. The van der Waals surface area contributed by atoms with Crippen LogP contribution in [0, 0.1) is 0 Å². The van der Waals surface area contributed by atoms with E-state index in [1.165, 1.54) is 0 Å². The van der Waals surface area contributed by atoms with Gasteiger partial charge in [-0.25, -0.2) is 0 Å². The summed E-state index contributed by atoms with van der Waals surface area (Å²) < 4.78 is 0. The van der Waals surface area contributed by atoms with Crippen LogP contribution in [-0.2, 0) is 11.2 Å². The highest BCUT2D eigenvalue weighted by Gasteiger charge is 2.09. The van der Waals surface area contributed by atoms with E-state index < -0.39 is 5.97 Å². The van der Waals surface area contributed by atoms with Crippen LogP contribution in [0.3, 0.4) is 0 Å². The van der Waals surface area contributed by atoms with Crippen molar-refractivity contribution in [2.24, 2.45) is 5.11 Å². The normalized spacial score (nSPS) is 11.5. The van der Waals surface area contributed by atoms with Gasteiger partial charge in [-0.1, -0.05) is 35.4 Å². The third kappa shape index (κ3) is 4.48. The number of hydrogen-bond donors (Lipinski definition) is 1. The SMILES string of the molecule is [N-]=[N+]=N[C@H](CCC(=O)O)Cc1ccccc1. The molecule has 16 heavy (non-hydrogen) atoms. The van der Waals surface area contributed by atoms with E-state index in [0.717, 1.165) is 5.56 Å². The molecule has 0 radical (unpaired) electrons. The van der Waals surface area contributed by atoms with Crippen LogP contribution >= 0.6 is 0 Å². The number of benzene rings is 1. The Morgan fingerprint density at radius 3 is 2.69 bits per heavy atom. The Hall–Kier alpha value is -2.00. The number of hydrogen-bond acceptors (Lipinski definition) is 2. The minimum atomic E-state index is -0.869. The van der Waals surface area contributed by atoms with E-state index in [4.69, 9.17) is 10.6 Å². The minimum absolute atomic E-state index is 0.0243. The lowest BCUT2D eigenvalue weighted by molar-refractivity contribution is -0.137. The molecule has 0 unspecified atom stereocenters. The molecule has 0 saturated heterocycles. The summed E-state index contributed by atoms with van der Waals surface area (Å²) in [7, 11) is 0. The minimum Gasteiger partial charge on any atom is -0.481 e. The zero-order valence-electron chi connectivity index (χ0n) is 8.78. The fourth-order valence-electron chi connectivity index (χ4n) is 1.45. The fourth-order valence-corrected chi connectivity index (χ4v) is 1.45. The second-order valence-electron chi connectivity index (χ2n) is 3.48. The van der Waals surface area contributed by atoms with E-state index in [1.54, 1.807) is 0 Å². The molecule has 0 aliphatic carbocycles. The summed E-state index contributed by atoms with van der Waals surface area (Å²) in [5.41, 5.74) is 9.44. The highest BCUT2D eigenvalue weighted by molar-refractivity contribution is 5.66. The van der Waals surface area contributed by atoms with Gasteiger partial charge in [0.1, 0.15) is 0 Å². The molecule has 5 heteroatoms. The van der Waals surface area contributed by atoms with Gasteiger partial charge in [0.15, 0.2) is 0 Å². The zero-order valence-corrected chi connectivity index (χ0v) is 8.78. The Balaban J connectivity index is 2.57. The number of aliphatic carboxylic acids is 1. The van der Waals surface area contributed by atoms with Crippen molar-refractivity contribution >= 4 is 5.97 Å². The number of carboxylic acids is 1. The second kappa shape index (κ2) is 6.48. The van der Waals surface area contributed by atoms with Crippen molar-refractivity contribution < 1.29 is 9.90 Å². The Morgan fingerprint density at radius 1 is 1.44 bits per heavy atom. The molecule has 1 aromatic carbocycles. The van der Waals surface area contributed by atoms with Gasteiger partial charge in [0.2, 0.25) is 0 Å². The third-order valence-corrected chi connectivity index (χ3v) is 2.22. The average Bonchev–Trinajstić information content (AvgIpc) is 2.27. The first-order valence-corrected chi connectivity index (χ1v) is 5.02. The molecule has 0 bridgehead atoms. The molecule has 0 saturated carbocycles. The molecule has 0 amide bonds. The summed E-state index contributed by atoms with van der Waals surface area (Å²) in [6.45, 7) is 0. The predicted octanol–water partition coefficient (Wildman–Crippen LogP) is 2.77. The standard InChI is InChI=1S/C11H13N3O2/c12-14-13-10(6-7-11(15)16)8-9-4-2-1-3-5-9/h1-5,10H,6-8H2,(H,15,16)/t10-/m1/s1. The van der Waals surface area contributed by atoms with Crippen molar-refractivity contribution in [2.75, 3.05) is 0 Å². The third-order valence-electron chi connectivity index (χ3n) is 2.22. The summed E-state index contributed by atoms with van der Waals surface area (Å²) >= 11 is 0. The maximum Gasteiger partial charge on any atom is 0.303 e. The van der Waals surface area contributed by atoms with E-state index in [1.807, 2.05) is 30.3 Å². The topological polar surface area (TPSA) is 86.1 Å². The molecular weight excluding hydrogens is 206 g/mol. The maximum atomic E-state index is 10.4. The van der Waals surface area contributed by atoms with Gasteiger partial charge in [0.25, 0.3) is 0 Å². The lowest BCUT2D eigenvalue weighted by Crippen LogP contribution is -2.10. The van der Waals surface area contributed by atoms with Gasteiger partial charge in [0.05, 0.1) is 0 Å². The van der Waals surface area contributed by atoms with E-state index in [0.29, 0.717) is 12.8 Å². The van der Waals surface area contributed by atoms with Gasteiger partial charge >= 0.3 is 5.97 Å². The maximum absolute atomic E-state index is 10.4. The molecule has 1 aromatic rings. The molecular formula is C11H13N3O2. The fraction of sp³-hybridized carbons (Fsp3) is 0.364. The average molecular weight is 219 g/mol. The van der Waals surface area contributed by atoms with Crippen LogP contribution in [0.15, 0.2) is 35.4 Å². The molecule has 0 aliphatic rings. The Morgan fingerprint density at radius 2 is 2.12 bits per heavy atom. The summed E-state index contributed by atoms with van der Waals surface area (Å²) in [5, 5.41) is 12.2. The molecule has 1 N–H and O–H groups in total. The van der Waals surface area contributed by atoms with Crippen LogP contribution in [0.1, 0.15) is 18.4 Å². The second-order valence-corrected chi connectivity index (χ2v) is 3.48. The summed E-state index contributed by atoms with van der Waals surface area (Å²) in [6, 6.07) is 9.28. The number of carbonyl (C=O) groups is 1. The molecule has 1 rings (SSSR count). The summed E-state index contributed by atoms with van der Waals surface area (Å²) in [6.07, 6.45) is 0.975. The van der Waals surface area contributed by atoms with Gasteiger partial charge in [-0.2, -0.15) is 0 Å². The quantitative estimate of drug-likeness (QED) is 0.453. The first-order valence-electron chi connectivity index (χ1n) is 5.02. The number of carboxylic acid groups (broad SMARTS) is 1. The predicted molar refractivity (Wildman–Crippen MR) is 59.9 cm³/mol. The Bertz CT molecular complexity index is 385. The Labute approximate surface area is 93.3 Å². The van der Waals surface area contributed by atoms with Crippen molar-refractivity contribution in [3.8, 4) is 0 Å². The van der Waals surface area contributed by atoms with E-state index in [2.05, 4.69) is 10.0 Å². The smallest absolute Gasteiger partial charge is 0.303 e. The van der Waals surface area contributed by atoms with Gasteiger partial charge in [0, 0.05) is 17.4 Å². The molecule has 0 aliphatic heterocycles. The lowest BCUT2D eigenvalue weighted by atomic mass is 10.0. The number of nitrogens with zero attached hydrogens (tertiary/aromatic N) is 3. The van der Waals surface area contributed by atoms with Crippen LogP contribution in [0.2, 0.25) is 0 Å². The molecule has 0 fully saturated rings. The van der Waals surface area contributed by atoms with Crippen LogP contribution in [0.25, 0.3) is 10.4 Å². The summed E-state index contributed by atoms with van der Waals surface area (Å²) in [4.78, 5) is 13.2. The number of rotatable bonds is 6. The molecule has 5 nitrogen and oxygen atoms in total. The molecule has 0 spiro atoms. The van der Waals surface area contributed by atoms with E-state index >= 15 is 0 Å². The van der Waals surface area contributed by atoms with Gasteiger partial charge in [-0.3, -0.25) is 4.79 Å². The summed E-state index contributed by atoms with van der Waals surface area (Å²) in [5.74, 6) is -0.869.